The number of halogens is 1. The van der Waals surface area contributed by atoms with Crippen LogP contribution in [0.2, 0.25) is 0 Å². The first-order valence-corrected chi connectivity index (χ1v) is 6.61. The average molecular weight is 284 g/mol. The molecule has 2 N–H and O–H groups in total. The Kier molecular flexibility index (Phi) is 3.55. The van der Waals surface area contributed by atoms with E-state index < -0.39 is 5.60 Å². The van der Waals surface area contributed by atoms with E-state index in [2.05, 4.69) is 40.3 Å². The predicted octanol–water partition coefficient (Wildman–Crippen LogP) is 3.47. The van der Waals surface area contributed by atoms with E-state index in [0.717, 1.165) is 35.8 Å². The van der Waals surface area contributed by atoms with Crippen LogP contribution >= 0.6 is 15.9 Å². The Morgan fingerprint density at radius 1 is 1.38 bits per heavy atom. The maximum Gasteiger partial charge on any atom is 0.0819 e. The summed E-state index contributed by atoms with van der Waals surface area (Å²) < 4.78 is 1.07. The largest absolute Gasteiger partial charge is 0.388 e. The Morgan fingerprint density at radius 3 is 2.75 bits per heavy atom. The van der Waals surface area contributed by atoms with Gasteiger partial charge in [-0.15, -0.1) is 0 Å². The molecule has 1 aromatic carbocycles. The minimum Gasteiger partial charge on any atom is -0.388 e. The van der Waals surface area contributed by atoms with Gasteiger partial charge in [0.05, 0.1) is 5.60 Å². The van der Waals surface area contributed by atoms with E-state index in [1.54, 1.807) is 0 Å². The molecule has 1 saturated carbocycles. The molecule has 0 radical (unpaired) electrons. The standard InChI is InChI=1S/C13H18BrNO/c1-10-4-5-11(14)8-12(10)15-9-13(16)6-2-3-7-13/h4-5,8,15-16H,2-3,6-7,9H2,1H3. The van der Waals surface area contributed by atoms with Gasteiger partial charge in [-0.3, -0.25) is 0 Å². The molecule has 1 aromatic rings. The van der Waals surface area contributed by atoms with Crippen LogP contribution in [0.25, 0.3) is 0 Å². The zero-order valence-corrected chi connectivity index (χ0v) is 11.2. The fraction of sp³-hybridized carbons (Fsp3) is 0.538. The molecule has 1 aliphatic carbocycles. The van der Waals surface area contributed by atoms with E-state index in [1.807, 2.05) is 6.07 Å². The van der Waals surface area contributed by atoms with Crippen molar-refractivity contribution in [1.29, 1.82) is 0 Å². The molecule has 0 aromatic heterocycles. The van der Waals surface area contributed by atoms with Crippen LogP contribution in [0.4, 0.5) is 5.69 Å². The minimum atomic E-state index is -0.491. The Labute approximate surface area is 105 Å². The minimum absolute atomic E-state index is 0.491. The van der Waals surface area contributed by atoms with E-state index in [0.29, 0.717) is 6.54 Å². The van der Waals surface area contributed by atoms with Crippen molar-refractivity contribution < 1.29 is 5.11 Å². The molecule has 2 nitrogen and oxygen atoms in total. The van der Waals surface area contributed by atoms with Crippen LogP contribution < -0.4 is 5.32 Å². The van der Waals surface area contributed by atoms with Crippen molar-refractivity contribution in [3.8, 4) is 0 Å². The Morgan fingerprint density at radius 2 is 2.06 bits per heavy atom. The highest BCUT2D eigenvalue weighted by atomic mass is 79.9. The number of aliphatic hydroxyl groups is 1. The molecule has 0 bridgehead atoms. The van der Waals surface area contributed by atoms with E-state index in [-0.39, 0.29) is 0 Å². The van der Waals surface area contributed by atoms with Crippen LogP contribution in [0.1, 0.15) is 31.2 Å². The lowest BCUT2D eigenvalue weighted by Gasteiger charge is -2.23. The summed E-state index contributed by atoms with van der Waals surface area (Å²) in [5.74, 6) is 0. The number of nitrogens with one attached hydrogen (secondary N) is 1. The molecule has 0 spiro atoms. The van der Waals surface area contributed by atoms with Crippen LogP contribution in [0.15, 0.2) is 22.7 Å². The van der Waals surface area contributed by atoms with Crippen LogP contribution in [-0.2, 0) is 0 Å². The Balaban J connectivity index is 2.01. The molecule has 0 amide bonds. The summed E-state index contributed by atoms with van der Waals surface area (Å²) in [5.41, 5.74) is 1.83. The number of aryl methyl sites for hydroxylation is 1. The lowest BCUT2D eigenvalue weighted by atomic mass is 10.0. The molecule has 1 aliphatic rings. The molecule has 88 valence electrons. The van der Waals surface area contributed by atoms with Gasteiger partial charge in [0.25, 0.3) is 0 Å². The predicted molar refractivity (Wildman–Crippen MR) is 70.8 cm³/mol. The second-order valence-corrected chi connectivity index (χ2v) is 5.66. The van der Waals surface area contributed by atoms with Gasteiger partial charge in [-0.1, -0.05) is 34.8 Å². The number of benzene rings is 1. The maximum absolute atomic E-state index is 10.2. The topological polar surface area (TPSA) is 32.3 Å². The summed E-state index contributed by atoms with van der Waals surface area (Å²) in [6.07, 6.45) is 4.14. The van der Waals surface area contributed by atoms with Crippen molar-refractivity contribution in [1.82, 2.24) is 0 Å². The van der Waals surface area contributed by atoms with Gasteiger partial charge in [-0.2, -0.15) is 0 Å². The lowest BCUT2D eigenvalue weighted by molar-refractivity contribution is 0.0614. The first kappa shape index (κ1) is 11.9. The second-order valence-electron chi connectivity index (χ2n) is 4.74. The molecular formula is C13H18BrNO. The average Bonchev–Trinajstić information content (AvgIpc) is 2.67. The molecule has 1 fully saturated rings. The molecular weight excluding hydrogens is 266 g/mol. The highest BCUT2D eigenvalue weighted by Crippen LogP contribution is 2.30. The third-order valence-electron chi connectivity index (χ3n) is 3.34. The molecule has 0 heterocycles. The highest BCUT2D eigenvalue weighted by Gasteiger charge is 2.30. The van der Waals surface area contributed by atoms with Gasteiger partial charge in [0.2, 0.25) is 0 Å². The summed E-state index contributed by atoms with van der Waals surface area (Å²) in [7, 11) is 0. The number of anilines is 1. The van der Waals surface area contributed by atoms with Gasteiger partial charge < -0.3 is 10.4 Å². The first-order chi connectivity index (χ1) is 7.59. The molecule has 16 heavy (non-hydrogen) atoms. The first-order valence-electron chi connectivity index (χ1n) is 5.81. The van der Waals surface area contributed by atoms with E-state index in [4.69, 9.17) is 0 Å². The van der Waals surface area contributed by atoms with Crippen molar-refractivity contribution >= 4 is 21.6 Å². The van der Waals surface area contributed by atoms with Crippen LogP contribution in [0.3, 0.4) is 0 Å². The molecule has 0 saturated heterocycles. The van der Waals surface area contributed by atoms with Gasteiger partial charge in [0, 0.05) is 16.7 Å². The van der Waals surface area contributed by atoms with Crippen molar-refractivity contribution in [2.24, 2.45) is 0 Å². The van der Waals surface area contributed by atoms with Gasteiger partial charge in [0.1, 0.15) is 0 Å². The van der Waals surface area contributed by atoms with Crippen LogP contribution in [-0.4, -0.2) is 17.3 Å². The van der Waals surface area contributed by atoms with E-state index in [9.17, 15) is 5.11 Å². The SMILES string of the molecule is Cc1ccc(Br)cc1NCC1(O)CCCC1. The van der Waals surface area contributed by atoms with Crippen molar-refractivity contribution in [2.45, 2.75) is 38.2 Å². The van der Waals surface area contributed by atoms with Gasteiger partial charge >= 0.3 is 0 Å². The number of hydrogen-bond donors (Lipinski definition) is 2. The summed E-state index contributed by atoms with van der Waals surface area (Å²) in [4.78, 5) is 0. The summed E-state index contributed by atoms with van der Waals surface area (Å²) in [6.45, 7) is 2.73. The fourth-order valence-electron chi connectivity index (χ4n) is 2.25. The normalized spacial score (nSPS) is 18.7. The molecule has 0 unspecified atom stereocenters. The summed E-state index contributed by atoms with van der Waals surface area (Å²) in [6, 6.07) is 6.17. The zero-order chi connectivity index (χ0) is 11.6. The molecule has 0 aliphatic heterocycles. The quantitative estimate of drug-likeness (QED) is 0.890. The number of rotatable bonds is 3. The van der Waals surface area contributed by atoms with Crippen molar-refractivity contribution in [2.75, 3.05) is 11.9 Å². The van der Waals surface area contributed by atoms with E-state index in [1.165, 1.54) is 5.56 Å². The Hall–Kier alpha value is -0.540. The van der Waals surface area contributed by atoms with Gasteiger partial charge in [-0.25, -0.2) is 0 Å². The third kappa shape index (κ3) is 2.77. The Bertz CT molecular complexity index is 372. The van der Waals surface area contributed by atoms with E-state index >= 15 is 0 Å². The van der Waals surface area contributed by atoms with Crippen LogP contribution in [0, 0.1) is 6.92 Å². The smallest absolute Gasteiger partial charge is 0.0819 e. The molecule has 3 heteroatoms. The molecule has 2 rings (SSSR count). The van der Waals surface area contributed by atoms with Gasteiger partial charge in [0.15, 0.2) is 0 Å². The van der Waals surface area contributed by atoms with Crippen LogP contribution in [0.5, 0.6) is 0 Å². The van der Waals surface area contributed by atoms with Crippen molar-refractivity contribution in [3.63, 3.8) is 0 Å². The highest BCUT2D eigenvalue weighted by molar-refractivity contribution is 9.10. The molecule has 0 atom stereocenters. The fourth-order valence-corrected chi connectivity index (χ4v) is 2.62. The maximum atomic E-state index is 10.2. The lowest BCUT2D eigenvalue weighted by Crippen LogP contribution is -2.33. The third-order valence-corrected chi connectivity index (χ3v) is 3.84. The zero-order valence-electron chi connectivity index (χ0n) is 9.59. The monoisotopic (exact) mass is 283 g/mol. The van der Waals surface area contributed by atoms with Gasteiger partial charge in [-0.05, 0) is 37.5 Å². The summed E-state index contributed by atoms with van der Waals surface area (Å²) in [5, 5.41) is 13.6. The summed E-state index contributed by atoms with van der Waals surface area (Å²) >= 11 is 3.46. The number of hydrogen-bond acceptors (Lipinski definition) is 2. The van der Waals surface area contributed by atoms with Crippen molar-refractivity contribution in [3.05, 3.63) is 28.2 Å². The second kappa shape index (κ2) is 4.76.